The lowest BCUT2D eigenvalue weighted by atomic mass is 10.0. The van der Waals surface area contributed by atoms with Gasteiger partial charge in [0.2, 0.25) is 0 Å². The van der Waals surface area contributed by atoms with Crippen molar-refractivity contribution in [2.45, 2.75) is 257 Å². The first kappa shape index (κ1) is 71.2. The Morgan fingerprint density at radius 3 is 1.07 bits per heavy atom. The maximum absolute atomic E-state index is 12.9. The Hall–Kier alpha value is -3.79. The van der Waals surface area contributed by atoms with Gasteiger partial charge in [-0.2, -0.15) is 0 Å². The Balaban J connectivity index is 4.22. The molecule has 0 aliphatic carbocycles. The second-order valence-corrected chi connectivity index (χ2v) is 21.2. The van der Waals surface area contributed by atoms with E-state index in [0.717, 1.165) is 89.9 Å². The van der Waals surface area contributed by atoms with E-state index in [1.165, 1.54) is 122 Å². The number of rotatable bonds is 55. The van der Waals surface area contributed by atoms with Crippen molar-refractivity contribution < 1.29 is 42.9 Å². The molecule has 0 amide bonds. The van der Waals surface area contributed by atoms with Gasteiger partial charge in [0.05, 0.1) is 34.4 Å². The van der Waals surface area contributed by atoms with Gasteiger partial charge >= 0.3 is 17.9 Å². The van der Waals surface area contributed by atoms with Crippen LogP contribution in [0.15, 0.2) is 97.2 Å². The van der Waals surface area contributed by atoms with E-state index in [1.54, 1.807) is 0 Å². The highest BCUT2D eigenvalue weighted by Gasteiger charge is 2.25. The smallest absolute Gasteiger partial charge is 0.361 e. The molecule has 2 unspecified atom stereocenters. The van der Waals surface area contributed by atoms with Gasteiger partial charge in [0.25, 0.3) is 6.29 Å². The summed E-state index contributed by atoms with van der Waals surface area (Å²) in [6.45, 7) is 4.66. The summed E-state index contributed by atoms with van der Waals surface area (Å²) in [6.07, 6.45) is 73.4. The van der Waals surface area contributed by atoms with Crippen molar-refractivity contribution in [2.75, 3.05) is 47.5 Å². The van der Waals surface area contributed by atoms with Gasteiger partial charge in [0, 0.05) is 12.8 Å². The number of aliphatic carboxylic acids is 1. The molecule has 0 bridgehead atoms. The normalized spacial score (nSPS) is 13.5. The minimum Gasteiger partial charge on any atom is -0.477 e. The summed E-state index contributed by atoms with van der Waals surface area (Å²) in [5.74, 6) is -2.01. The number of esters is 2. The van der Waals surface area contributed by atoms with Crippen LogP contribution in [-0.2, 0) is 33.3 Å². The number of carboxylic acids is 1. The average molecular weight is 1050 g/mol. The lowest BCUT2D eigenvalue weighted by molar-refractivity contribution is -0.870. The zero-order valence-corrected chi connectivity index (χ0v) is 48.9. The van der Waals surface area contributed by atoms with Crippen LogP contribution in [0.5, 0.6) is 0 Å². The van der Waals surface area contributed by atoms with E-state index in [-0.39, 0.29) is 32.2 Å². The summed E-state index contributed by atoms with van der Waals surface area (Å²) in [5.41, 5.74) is 0. The van der Waals surface area contributed by atoms with E-state index < -0.39 is 24.3 Å². The topological polar surface area (TPSA) is 108 Å². The van der Waals surface area contributed by atoms with E-state index in [4.69, 9.17) is 18.9 Å². The van der Waals surface area contributed by atoms with Crippen LogP contribution in [0.1, 0.15) is 245 Å². The monoisotopic (exact) mass is 1050 g/mol. The van der Waals surface area contributed by atoms with Gasteiger partial charge < -0.3 is 28.5 Å². The molecule has 0 aliphatic rings. The van der Waals surface area contributed by atoms with Crippen molar-refractivity contribution in [1.82, 2.24) is 0 Å². The standard InChI is InChI=1S/C66H113NO8/c1-6-8-10-12-14-16-18-20-22-24-26-28-30-32-34-36-38-40-42-44-46-48-50-52-54-56-63(68)73-60-62(61-74-66(65(70)71)72-59-58-67(3,4)5)75-64(69)57-55-53-51-49-47-45-43-41-39-37-35-33-31-29-27-25-23-21-19-17-15-13-11-9-7-2/h8-11,14-17,20-23,26-29,62,66H,6-7,12-13,18-19,24-25,30-61H2,1-5H3/p+1/b10-8-,11-9-,16-14-,17-15-,22-20-,23-21-,28-26-,29-27-. The van der Waals surface area contributed by atoms with Crippen LogP contribution in [0.2, 0.25) is 0 Å². The molecule has 75 heavy (non-hydrogen) atoms. The third kappa shape index (κ3) is 57.7. The summed E-state index contributed by atoms with van der Waals surface area (Å²) < 4.78 is 22.9. The van der Waals surface area contributed by atoms with Gasteiger partial charge in [-0.25, -0.2) is 4.79 Å². The SMILES string of the molecule is CC/C=C\C/C=C\C/C=C\C/C=C\CCCCCCCCCCCCCCC(=O)OCC(COC(OCC[N+](C)(C)C)C(=O)O)OC(=O)CCCCCCCCCCCCCC/C=C\C/C=C\C/C=C\C/C=C\CC. The Kier molecular flexibility index (Phi) is 53.6. The van der Waals surface area contributed by atoms with E-state index >= 15 is 0 Å². The summed E-state index contributed by atoms with van der Waals surface area (Å²) in [5, 5.41) is 9.72. The van der Waals surface area contributed by atoms with Gasteiger partial charge in [0.15, 0.2) is 6.10 Å². The van der Waals surface area contributed by atoms with Gasteiger partial charge in [-0.05, 0) is 89.9 Å². The molecule has 0 aromatic carbocycles. The third-order valence-corrected chi connectivity index (χ3v) is 12.8. The third-order valence-electron chi connectivity index (χ3n) is 12.8. The number of carbonyl (C=O) groups is 3. The van der Waals surface area contributed by atoms with Crippen LogP contribution in [-0.4, -0.2) is 87.4 Å². The van der Waals surface area contributed by atoms with Crippen LogP contribution in [0.4, 0.5) is 0 Å². The van der Waals surface area contributed by atoms with Crippen molar-refractivity contribution in [3.05, 3.63) is 97.2 Å². The number of nitrogens with zero attached hydrogens (tertiary/aromatic N) is 1. The van der Waals surface area contributed by atoms with E-state index in [9.17, 15) is 19.5 Å². The molecule has 0 radical (unpaired) electrons. The Morgan fingerprint density at radius 2 is 0.720 bits per heavy atom. The first-order chi connectivity index (χ1) is 36.6. The van der Waals surface area contributed by atoms with Gasteiger partial charge in [-0.3, -0.25) is 9.59 Å². The first-order valence-electron chi connectivity index (χ1n) is 30.4. The maximum atomic E-state index is 12.9. The highest BCUT2D eigenvalue weighted by atomic mass is 16.7. The number of carboxylic acid groups (broad SMARTS) is 1. The zero-order chi connectivity index (χ0) is 54.8. The fraction of sp³-hybridized carbons (Fsp3) is 0.712. The maximum Gasteiger partial charge on any atom is 0.361 e. The van der Waals surface area contributed by atoms with Crippen molar-refractivity contribution in [2.24, 2.45) is 0 Å². The second-order valence-electron chi connectivity index (χ2n) is 21.2. The molecule has 0 rings (SSSR count). The number of unbranched alkanes of at least 4 members (excludes halogenated alkanes) is 24. The van der Waals surface area contributed by atoms with Gasteiger partial charge in [-0.1, -0.05) is 239 Å². The van der Waals surface area contributed by atoms with Crippen LogP contribution in [0, 0.1) is 0 Å². The summed E-state index contributed by atoms with van der Waals surface area (Å²) in [6, 6.07) is 0. The molecule has 2 atom stereocenters. The van der Waals surface area contributed by atoms with Gasteiger partial charge in [-0.15, -0.1) is 0 Å². The van der Waals surface area contributed by atoms with Crippen LogP contribution < -0.4 is 0 Å². The molecular formula is C66H114NO8+. The highest BCUT2D eigenvalue weighted by molar-refractivity contribution is 5.71. The number of likely N-dealkylation sites (N-methyl/N-ethyl adjacent to an activating group) is 1. The predicted molar refractivity (Wildman–Crippen MR) is 318 cm³/mol. The first-order valence-corrected chi connectivity index (χ1v) is 30.4. The van der Waals surface area contributed by atoms with E-state index in [0.29, 0.717) is 23.9 Å². The minimum absolute atomic E-state index is 0.183. The van der Waals surface area contributed by atoms with E-state index in [1.807, 2.05) is 21.1 Å². The molecule has 0 spiro atoms. The Morgan fingerprint density at radius 1 is 0.400 bits per heavy atom. The Labute approximate surface area is 461 Å². The molecule has 0 aromatic heterocycles. The molecule has 430 valence electrons. The lowest BCUT2D eigenvalue weighted by Gasteiger charge is -2.25. The largest absolute Gasteiger partial charge is 0.477 e. The fourth-order valence-corrected chi connectivity index (χ4v) is 8.23. The van der Waals surface area contributed by atoms with Crippen LogP contribution >= 0.6 is 0 Å². The lowest BCUT2D eigenvalue weighted by Crippen LogP contribution is -2.40. The number of hydrogen-bond donors (Lipinski definition) is 1. The molecule has 9 nitrogen and oxygen atoms in total. The fourth-order valence-electron chi connectivity index (χ4n) is 8.23. The number of allylic oxidation sites excluding steroid dienone is 16. The summed E-state index contributed by atoms with van der Waals surface area (Å²) in [4.78, 5) is 37.5. The predicted octanol–water partition coefficient (Wildman–Crippen LogP) is 18.1. The number of carbonyl (C=O) groups excluding carboxylic acids is 2. The van der Waals surface area contributed by atoms with E-state index in [2.05, 4.69) is 111 Å². The van der Waals surface area contributed by atoms with Crippen molar-refractivity contribution in [1.29, 1.82) is 0 Å². The molecule has 0 fully saturated rings. The van der Waals surface area contributed by atoms with Gasteiger partial charge in [0.1, 0.15) is 13.2 Å². The number of quaternary nitrogens is 1. The molecule has 0 heterocycles. The number of hydrogen-bond acceptors (Lipinski definition) is 7. The molecule has 0 saturated heterocycles. The van der Waals surface area contributed by atoms with Crippen molar-refractivity contribution >= 4 is 17.9 Å². The van der Waals surface area contributed by atoms with Crippen molar-refractivity contribution in [3.8, 4) is 0 Å². The molecule has 0 aliphatic heterocycles. The quantitative estimate of drug-likeness (QED) is 0.0211. The van der Waals surface area contributed by atoms with Crippen LogP contribution in [0.3, 0.4) is 0 Å². The van der Waals surface area contributed by atoms with Crippen molar-refractivity contribution in [3.63, 3.8) is 0 Å². The Bertz CT molecular complexity index is 1550. The molecule has 0 saturated carbocycles. The second kappa shape index (κ2) is 56.4. The summed E-state index contributed by atoms with van der Waals surface area (Å²) in [7, 11) is 5.97. The average Bonchev–Trinajstić information content (AvgIpc) is 3.38. The zero-order valence-electron chi connectivity index (χ0n) is 48.9. The van der Waals surface area contributed by atoms with Crippen LogP contribution in [0.25, 0.3) is 0 Å². The molecular weight excluding hydrogens is 935 g/mol. The highest BCUT2D eigenvalue weighted by Crippen LogP contribution is 2.16. The molecule has 9 heteroatoms. The molecule has 1 N–H and O–H groups in total. The minimum atomic E-state index is -1.52. The summed E-state index contributed by atoms with van der Waals surface area (Å²) >= 11 is 0. The molecule has 0 aromatic rings. The number of ether oxygens (including phenoxy) is 4.